The first-order valence-electron chi connectivity index (χ1n) is 6.29. The minimum Gasteiger partial charge on any atom is -0.391 e. The molecule has 1 saturated heterocycles. The van der Waals surface area contributed by atoms with Crippen LogP contribution in [0.4, 0.5) is 0 Å². The van der Waals surface area contributed by atoms with E-state index < -0.39 is 6.10 Å². The first-order valence-corrected chi connectivity index (χ1v) is 6.29. The molecule has 5 nitrogen and oxygen atoms in total. The van der Waals surface area contributed by atoms with Gasteiger partial charge in [0.05, 0.1) is 11.8 Å². The first-order chi connectivity index (χ1) is 9.20. The third-order valence-corrected chi connectivity index (χ3v) is 3.05. The molecule has 0 saturated carbocycles. The summed E-state index contributed by atoms with van der Waals surface area (Å²) in [7, 11) is 1.57. The minimum atomic E-state index is -0.748. The van der Waals surface area contributed by atoms with Crippen LogP contribution in [0, 0.1) is 0 Å². The summed E-state index contributed by atoms with van der Waals surface area (Å²) in [5.41, 5.74) is 1.59. The molecule has 19 heavy (non-hydrogen) atoms. The zero-order valence-electron chi connectivity index (χ0n) is 11.2. The molecule has 1 aromatic rings. The number of oxime groups is 1. The van der Waals surface area contributed by atoms with Gasteiger partial charge in [0.1, 0.15) is 12.7 Å². The molecule has 1 aromatic carbocycles. The molecule has 1 heterocycles. The van der Waals surface area contributed by atoms with Crippen molar-refractivity contribution < 1.29 is 19.4 Å². The predicted octanol–water partition coefficient (Wildman–Crippen LogP) is 1.70. The molecule has 0 aromatic heterocycles. The maximum Gasteiger partial charge on any atom is 0.163 e. The molecule has 0 bridgehead atoms. The van der Waals surface area contributed by atoms with Gasteiger partial charge < -0.3 is 19.4 Å². The van der Waals surface area contributed by atoms with Crippen LogP contribution in [0.1, 0.15) is 18.9 Å². The molecule has 0 spiro atoms. The molecule has 1 N–H and O–H groups in total. The molecule has 3 atom stereocenters. The zero-order chi connectivity index (χ0) is 13.7. The van der Waals surface area contributed by atoms with Gasteiger partial charge in [-0.2, -0.15) is 0 Å². The highest BCUT2D eigenvalue weighted by Gasteiger charge is 2.32. The highest BCUT2D eigenvalue weighted by Crippen LogP contribution is 2.18. The van der Waals surface area contributed by atoms with E-state index in [1.165, 1.54) is 0 Å². The van der Waals surface area contributed by atoms with Crippen molar-refractivity contribution in [1.29, 1.82) is 0 Å². The van der Waals surface area contributed by atoms with Gasteiger partial charge in [-0.25, -0.2) is 0 Å². The van der Waals surface area contributed by atoms with E-state index >= 15 is 0 Å². The molecule has 1 aliphatic rings. The van der Waals surface area contributed by atoms with Crippen LogP contribution in [0.2, 0.25) is 0 Å². The highest BCUT2D eigenvalue weighted by atomic mass is 16.7. The molecule has 0 aliphatic carbocycles. The van der Waals surface area contributed by atoms with E-state index in [0.29, 0.717) is 18.7 Å². The van der Waals surface area contributed by atoms with E-state index in [9.17, 15) is 5.11 Å². The van der Waals surface area contributed by atoms with Crippen molar-refractivity contribution in [3.05, 3.63) is 35.9 Å². The molecule has 1 fully saturated rings. The van der Waals surface area contributed by atoms with Crippen molar-refractivity contribution >= 4 is 5.71 Å². The van der Waals surface area contributed by atoms with E-state index in [-0.39, 0.29) is 12.4 Å². The number of aliphatic hydroxyl groups excluding tert-OH is 1. The summed E-state index contributed by atoms with van der Waals surface area (Å²) in [4.78, 5) is 5.29. The largest absolute Gasteiger partial charge is 0.391 e. The van der Waals surface area contributed by atoms with Gasteiger partial charge in [0.25, 0.3) is 0 Å². The lowest BCUT2D eigenvalue weighted by molar-refractivity contribution is -0.175. The fraction of sp³-hybridized carbons (Fsp3) is 0.500. The summed E-state index contributed by atoms with van der Waals surface area (Å²) in [5, 5.41) is 14.0. The summed E-state index contributed by atoms with van der Waals surface area (Å²) >= 11 is 0. The Kier molecular flexibility index (Phi) is 4.90. The fourth-order valence-electron chi connectivity index (χ4n) is 1.92. The number of benzene rings is 1. The number of ether oxygens (including phenoxy) is 2. The van der Waals surface area contributed by atoms with Gasteiger partial charge in [0.2, 0.25) is 0 Å². The monoisotopic (exact) mass is 265 g/mol. The summed E-state index contributed by atoms with van der Waals surface area (Å²) in [5.74, 6) is 0. The van der Waals surface area contributed by atoms with Crippen LogP contribution in [-0.2, 0) is 20.9 Å². The van der Waals surface area contributed by atoms with E-state index in [2.05, 4.69) is 5.16 Å². The van der Waals surface area contributed by atoms with Crippen LogP contribution in [-0.4, -0.2) is 36.4 Å². The molecule has 0 unspecified atom stereocenters. The van der Waals surface area contributed by atoms with Crippen molar-refractivity contribution in [2.45, 2.75) is 38.4 Å². The summed E-state index contributed by atoms with van der Waals surface area (Å²) in [6, 6.07) is 9.75. The van der Waals surface area contributed by atoms with Gasteiger partial charge in [0.15, 0.2) is 6.29 Å². The molecule has 5 heteroatoms. The average molecular weight is 265 g/mol. The van der Waals surface area contributed by atoms with Crippen LogP contribution in [0.15, 0.2) is 35.5 Å². The van der Waals surface area contributed by atoms with Crippen LogP contribution >= 0.6 is 0 Å². The normalized spacial score (nSPS) is 29.4. The second kappa shape index (κ2) is 6.65. The van der Waals surface area contributed by atoms with E-state index in [1.54, 1.807) is 14.0 Å². The Morgan fingerprint density at radius 2 is 2.11 bits per heavy atom. The van der Waals surface area contributed by atoms with E-state index in [4.69, 9.17) is 14.3 Å². The lowest BCUT2D eigenvalue weighted by Gasteiger charge is -2.31. The maximum atomic E-state index is 9.96. The maximum absolute atomic E-state index is 9.96. The Morgan fingerprint density at radius 1 is 1.37 bits per heavy atom. The molecular formula is C14H19NO4. The Labute approximate surface area is 112 Å². The van der Waals surface area contributed by atoms with E-state index in [1.807, 2.05) is 30.3 Å². The third-order valence-electron chi connectivity index (χ3n) is 3.05. The molecule has 1 aliphatic heterocycles. The predicted molar refractivity (Wildman–Crippen MR) is 70.6 cm³/mol. The number of aliphatic hydroxyl groups is 1. The van der Waals surface area contributed by atoms with Gasteiger partial charge >= 0.3 is 0 Å². The number of rotatable bonds is 4. The highest BCUT2D eigenvalue weighted by molar-refractivity contribution is 5.89. The van der Waals surface area contributed by atoms with Crippen molar-refractivity contribution in [2.75, 3.05) is 7.11 Å². The topological polar surface area (TPSA) is 60.3 Å². The molecule has 0 amide bonds. The number of hydrogen-bond donors (Lipinski definition) is 1. The second-order valence-corrected chi connectivity index (χ2v) is 4.50. The van der Waals surface area contributed by atoms with Gasteiger partial charge in [0, 0.05) is 13.5 Å². The summed E-state index contributed by atoms with van der Waals surface area (Å²) in [6.45, 7) is 2.16. The first kappa shape index (κ1) is 14.0. The zero-order valence-corrected chi connectivity index (χ0v) is 11.2. The molecule has 2 rings (SSSR count). The van der Waals surface area contributed by atoms with Crippen molar-refractivity contribution in [3.63, 3.8) is 0 Å². The number of nitrogens with zero attached hydrogens (tertiary/aromatic N) is 1. The van der Waals surface area contributed by atoms with Crippen LogP contribution in [0.25, 0.3) is 0 Å². The van der Waals surface area contributed by atoms with Crippen molar-refractivity contribution in [3.8, 4) is 0 Å². The Balaban J connectivity index is 1.93. The van der Waals surface area contributed by atoms with E-state index in [0.717, 1.165) is 5.56 Å². The van der Waals surface area contributed by atoms with Crippen LogP contribution in [0.5, 0.6) is 0 Å². The number of methoxy groups -OCH3 is 1. The lowest BCUT2D eigenvalue weighted by atomic mass is 10.0. The summed E-state index contributed by atoms with van der Waals surface area (Å²) < 4.78 is 10.6. The molecule has 0 radical (unpaired) electrons. The van der Waals surface area contributed by atoms with Crippen molar-refractivity contribution in [1.82, 2.24) is 0 Å². The summed E-state index contributed by atoms with van der Waals surface area (Å²) in [6.07, 6.45) is -1.06. The molecule has 104 valence electrons. The standard InChI is InChI=1S/C14H19NO4/c1-10-14(16)12(8-13(17-2)19-10)15-18-9-11-6-4-3-5-7-11/h3-7,10,13-14,16H,8-9H2,1-2H3/b15-12+/t10-,13-,14+/m0/s1. The van der Waals surface area contributed by atoms with Crippen molar-refractivity contribution in [2.24, 2.45) is 5.16 Å². The quantitative estimate of drug-likeness (QED) is 0.842. The lowest BCUT2D eigenvalue weighted by Crippen LogP contribution is -2.44. The van der Waals surface area contributed by atoms with Gasteiger partial charge in [-0.3, -0.25) is 0 Å². The van der Waals surface area contributed by atoms with Crippen LogP contribution in [0.3, 0.4) is 0 Å². The average Bonchev–Trinajstić information content (AvgIpc) is 2.44. The second-order valence-electron chi connectivity index (χ2n) is 4.50. The Hall–Kier alpha value is -1.43. The number of hydrogen-bond acceptors (Lipinski definition) is 5. The smallest absolute Gasteiger partial charge is 0.163 e. The Morgan fingerprint density at radius 3 is 2.79 bits per heavy atom. The SMILES string of the molecule is CO[C@@H]1C/C(=N\OCc2ccccc2)[C@H](O)[C@H](C)O1. The third kappa shape index (κ3) is 3.76. The van der Waals surface area contributed by atoms with Gasteiger partial charge in [-0.1, -0.05) is 35.5 Å². The van der Waals surface area contributed by atoms with Crippen LogP contribution < -0.4 is 0 Å². The van der Waals surface area contributed by atoms with Gasteiger partial charge in [-0.05, 0) is 12.5 Å². The fourth-order valence-corrected chi connectivity index (χ4v) is 1.92. The molecular weight excluding hydrogens is 246 g/mol. The van der Waals surface area contributed by atoms with Gasteiger partial charge in [-0.15, -0.1) is 0 Å². The Bertz CT molecular complexity index is 421. The minimum absolute atomic E-state index is 0.349.